The van der Waals surface area contributed by atoms with E-state index < -0.39 is 0 Å². The zero-order valence-corrected chi connectivity index (χ0v) is 10.1. The van der Waals surface area contributed by atoms with Gasteiger partial charge in [0, 0.05) is 12.0 Å². The summed E-state index contributed by atoms with van der Waals surface area (Å²) < 4.78 is 0. The van der Waals surface area contributed by atoms with E-state index in [-0.39, 0.29) is 5.41 Å². The average Bonchev–Trinajstić information content (AvgIpc) is 2.64. The molecule has 0 aromatic carbocycles. The van der Waals surface area contributed by atoms with Crippen molar-refractivity contribution in [2.45, 2.75) is 26.7 Å². The van der Waals surface area contributed by atoms with Gasteiger partial charge in [-0.05, 0) is 43.3 Å². The summed E-state index contributed by atoms with van der Waals surface area (Å²) in [6.07, 6.45) is 2.11. The predicted octanol–water partition coefficient (Wildman–Crippen LogP) is 2.63. The molecule has 0 bridgehead atoms. The lowest BCUT2D eigenvalue weighted by molar-refractivity contribution is 0.0777. The Kier molecular flexibility index (Phi) is 2.94. The number of Topliss-reactive ketones (excluding diaryl/α,β-unsaturated/α-hetero) is 1. The van der Waals surface area contributed by atoms with Crippen LogP contribution < -0.4 is 5.32 Å². The summed E-state index contributed by atoms with van der Waals surface area (Å²) in [5.41, 5.74) is 0.935. The second kappa shape index (κ2) is 4.06. The smallest absolute Gasteiger partial charge is 0.180 e. The number of carbonyl (C=O) groups is 1. The van der Waals surface area contributed by atoms with Crippen molar-refractivity contribution in [1.82, 2.24) is 5.32 Å². The normalized spacial score (nSPS) is 26.5. The average molecular weight is 223 g/mol. The van der Waals surface area contributed by atoms with Crippen LogP contribution in [0.25, 0.3) is 0 Å². The highest BCUT2D eigenvalue weighted by Gasteiger charge is 2.36. The van der Waals surface area contributed by atoms with Crippen molar-refractivity contribution in [3.05, 3.63) is 21.9 Å². The summed E-state index contributed by atoms with van der Waals surface area (Å²) in [7, 11) is 0. The second-order valence-electron chi connectivity index (χ2n) is 4.60. The summed E-state index contributed by atoms with van der Waals surface area (Å²) in [4.78, 5) is 13.3. The van der Waals surface area contributed by atoms with Gasteiger partial charge in [-0.15, -0.1) is 11.3 Å². The van der Waals surface area contributed by atoms with E-state index in [9.17, 15) is 4.79 Å². The summed E-state index contributed by atoms with van der Waals surface area (Å²) in [5.74, 6) is 0.321. The van der Waals surface area contributed by atoms with Crippen LogP contribution in [0.1, 0.15) is 35.0 Å². The van der Waals surface area contributed by atoms with Gasteiger partial charge in [0.25, 0.3) is 0 Å². The highest BCUT2D eigenvalue weighted by atomic mass is 32.1. The minimum absolute atomic E-state index is 0.187. The van der Waals surface area contributed by atoms with Crippen LogP contribution in [0, 0.1) is 12.3 Å². The van der Waals surface area contributed by atoms with E-state index in [1.807, 2.05) is 18.4 Å². The molecular formula is C12H17NOS. The molecule has 15 heavy (non-hydrogen) atoms. The van der Waals surface area contributed by atoms with Crippen molar-refractivity contribution in [3.8, 4) is 0 Å². The lowest BCUT2D eigenvalue weighted by atomic mass is 9.78. The Hall–Kier alpha value is -0.670. The van der Waals surface area contributed by atoms with Gasteiger partial charge in [0.05, 0.1) is 4.88 Å². The second-order valence-corrected chi connectivity index (χ2v) is 5.52. The van der Waals surface area contributed by atoms with E-state index in [0.717, 1.165) is 36.4 Å². The Labute approximate surface area is 94.7 Å². The molecule has 1 atom stereocenters. The van der Waals surface area contributed by atoms with Gasteiger partial charge >= 0.3 is 0 Å². The highest BCUT2D eigenvalue weighted by Crippen LogP contribution is 2.32. The van der Waals surface area contributed by atoms with Gasteiger partial charge in [-0.3, -0.25) is 4.79 Å². The first-order chi connectivity index (χ1) is 7.13. The molecule has 0 radical (unpaired) electrons. The Morgan fingerprint density at radius 3 is 2.93 bits per heavy atom. The summed E-state index contributed by atoms with van der Waals surface area (Å²) in [6, 6.07) is 2.03. The van der Waals surface area contributed by atoms with Crippen LogP contribution in [-0.2, 0) is 0 Å². The lowest BCUT2D eigenvalue weighted by Crippen LogP contribution is -2.43. The van der Waals surface area contributed by atoms with Crippen LogP contribution >= 0.6 is 11.3 Å². The van der Waals surface area contributed by atoms with Crippen molar-refractivity contribution in [2.75, 3.05) is 13.1 Å². The number of nitrogens with one attached hydrogen (secondary N) is 1. The first-order valence-electron chi connectivity index (χ1n) is 5.43. The molecule has 2 nitrogen and oxygen atoms in total. The molecule has 3 heteroatoms. The Morgan fingerprint density at radius 2 is 2.40 bits per heavy atom. The van der Waals surface area contributed by atoms with Crippen molar-refractivity contribution >= 4 is 17.1 Å². The fourth-order valence-electron chi connectivity index (χ4n) is 2.13. The minimum Gasteiger partial charge on any atom is -0.316 e. The third-order valence-electron chi connectivity index (χ3n) is 3.21. The van der Waals surface area contributed by atoms with E-state index in [2.05, 4.69) is 12.2 Å². The molecule has 0 saturated carbocycles. The van der Waals surface area contributed by atoms with Crippen LogP contribution in [0.3, 0.4) is 0 Å². The van der Waals surface area contributed by atoms with Gasteiger partial charge in [0.1, 0.15) is 0 Å². The molecule has 0 amide bonds. The molecule has 1 fully saturated rings. The molecule has 2 heterocycles. The highest BCUT2D eigenvalue weighted by molar-refractivity contribution is 7.12. The molecule has 82 valence electrons. The largest absolute Gasteiger partial charge is 0.316 e. The topological polar surface area (TPSA) is 29.1 Å². The number of piperidine rings is 1. The Morgan fingerprint density at radius 1 is 1.60 bits per heavy atom. The maximum absolute atomic E-state index is 12.4. The van der Waals surface area contributed by atoms with Gasteiger partial charge in [-0.2, -0.15) is 0 Å². The molecule has 1 saturated heterocycles. The molecule has 1 aromatic heterocycles. The summed E-state index contributed by atoms with van der Waals surface area (Å²) in [5, 5.41) is 5.32. The van der Waals surface area contributed by atoms with Crippen molar-refractivity contribution in [2.24, 2.45) is 5.41 Å². The molecule has 1 aromatic rings. The molecule has 1 N–H and O–H groups in total. The molecule has 1 aliphatic rings. The number of carbonyl (C=O) groups excluding carboxylic acids is 1. The fourth-order valence-corrected chi connectivity index (χ4v) is 3.15. The zero-order chi connectivity index (χ0) is 10.9. The van der Waals surface area contributed by atoms with Gasteiger partial charge < -0.3 is 5.32 Å². The van der Waals surface area contributed by atoms with Gasteiger partial charge in [-0.25, -0.2) is 0 Å². The first kappa shape index (κ1) is 10.8. The third-order valence-corrected chi connectivity index (χ3v) is 4.23. The molecule has 0 spiro atoms. The van der Waals surface area contributed by atoms with Crippen LogP contribution in [0.5, 0.6) is 0 Å². The van der Waals surface area contributed by atoms with Crippen LogP contribution in [0.4, 0.5) is 0 Å². The van der Waals surface area contributed by atoms with E-state index >= 15 is 0 Å². The number of hydrogen-bond acceptors (Lipinski definition) is 3. The quantitative estimate of drug-likeness (QED) is 0.781. The third kappa shape index (κ3) is 1.99. The number of aryl methyl sites for hydroxylation is 1. The van der Waals surface area contributed by atoms with Gasteiger partial charge in [0.2, 0.25) is 0 Å². The maximum atomic E-state index is 12.4. The van der Waals surface area contributed by atoms with E-state index in [1.165, 1.54) is 0 Å². The SMILES string of the molecule is Cc1ccsc1C(=O)C1(C)CCCNC1. The van der Waals surface area contributed by atoms with Crippen molar-refractivity contribution in [3.63, 3.8) is 0 Å². The summed E-state index contributed by atoms with van der Waals surface area (Å²) >= 11 is 1.57. The number of thiophene rings is 1. The standard InChI is InChI=1S/C12H17NOS/c1-9-4-7-15-10(9)11(14)12(2)5-3-6-13-8-12/h4,7,13H,3,5-6,8H2,1-2H3. The van der Waals surface area contributed by atoms with Crippen molar-refractivity contribution < 1.29 is 4.79 Å². The Balaban J connectivity index is 2.23. The predicted molar refractivity (Wildman–Crippen MR) is 63.6 cm³/mol. The molecule has 1 aliphatic heterocycles. The fraction of sp³-hybridized carbons (Fsp3) is 0.583. The number of rotatable bonds is 2. The number of hydrogen-bond donors (Lipinski definition) is 1. The van der Waals surface area contributed by atoms with Crippen LogP contribution in [-0.4, -0.2) is 18.9 Å². The van der Waals surface area contributed by atoms with E-state index in [0.29, 0.717) is 5.78 Å². The van der Waals surface area contributed by atoms with Gasteiger partial charge in [0.15, 0.2) is 5.78 Å². The zero-order valence-electron chi connectivity index (χ0n) is 9.30. The van der Waals surface area contributed by atoms with Crippen LogP contribution in [0.15, 0.2) is 11.4 Å². The first-order valence-corrected chi connectivity index (χ1v) is 6.31. The maximum Gasteiger partial charge on any atom is 0.180 e. The van der Waals surface area contributed by atoms with Crippen LogP contribution in [0.2, 0.25) is 0 Å². The van der Waals surface area contributed by atoms with E-state index in [1.54, 1.807) is 11.3 Å². The number of ketones is 1. The van der Waals surface area contributed by atoms with Crippen molar-refractivity contribution in [1.29, 1.82) is 0 Å². The minimum atomic E-state index is -0.187. The molecule has 2 rings (SSSR count). The lowest BCUT2D eigenvalue weighted by Gasteiger charge is -2.32. The monoisotopic (exact) mass is 223 g/mol. The van der Waals surface area contributed by atoms with E-state index in [4.69, 9.17) is 0 Å². The summed E-state index contributed by atoms with van der Waals surface area (Å²) in [6.45, 7) is 5.97. The molecular weight excluding hydrogens is 206 g/mol. The van der Waals surface area contributed by atoms with Gasteiger partial charge in [-0.1, -0.05) is 6.92 Å². The Bertz CT molecular complexity index is 363. The molecule has 0 aliphatic carbocycles. The molecule has 1 unspecified atom stereocenters.